The Hall–Kier alpha value is -5.12. The van der Waals surface area contributed by atoms with Crippen molar-refractivity contribution in [2.75, 3.05) is 27.9 Å². The van der Waals surface area contributed by atoms with Gasteiger partial charge in [-0.2, -0.15) is 5.10 Å². The standard InChI is InChI=1S/C32H30FN3O6/c1-6-41-31-18-36(25-10-8-21(33)13-19(25)2)35-32(31)26(37)14-20-7-9-22(15-28(20)38-3)42-27-11-12-34-24-17-30(40-5)29(39-4)16-23(24)27/h7-13,15-18H,6,14H2,1-5H3. The number of carbonyl (C=O) groups excluding carboxylic acids is 1. The van der Waals surface area contributed by atoms with Gasteiger partial charge in [0.25, 0.3) is 0 Å². The molecule has 0 aliphatic carbocycles. The maximum atomic E-state index is 13.6. The highest BCUT2D eigenvalue weighted by Crippen LogP contribution is 2.38. The highest BCUT2D eigenvalue weighted by atomic mass is 19.1. The number of rotatable bonds is 11. The minimum absolute atomic E-state index is 0.0120. The van der Waals surface area contributed by atoms with Crippen LogP contribution in [0.3, 0.4) is 0 Å². The average molecular weight is 572 g/mol. The monoisotopic (exact) mass is 571 g/mol. The predicted molar refractivity (Wildman–Crippen MR) is 155 cm³/mol. The minimum atomic E-state index is -0.346. The Morgan fingerprint density at radius 3 is 2.36 bits per heavy atom. The van der Waals surface area contributed by atoms with Gasteiger partial charge in [-0.25, -0.2) is 9.07 Å². The van der Waals surface area contributed by atoms with Gasteiger partial charge < -0.3 is 23.7 Å². The molecule has 0 spiro atoms. The van der Waals surface area contributed by atoms with Crippen molar-refractivity contribution < 1.29 is 32.9 Å². The molecule has 42 heavy (non-hydrogen) atoms. The van der Waals surface area contributed by atoms with Crippen molar-refractivity contribution in [1.82, 2.24) is 14.8 Å². The number of aromatic nitrogens is 3. The Morgan fingerprint density at radius 1 is 0.881 bits per heavy atom. The first-order valence-corrected chi connectivity index (χ1v) is 13.2. The molecule has 10 heteroatoms. The number of pyridine rings is 1. The van der Waals surface area contributed by atoms with Crippen LogP contribution < -0.4 is 23.7 Å². The van der Waals surface area contributed by atoms with Crippen LogP contribution in [0.5, 0.6) is 34.5 Å². The van der Waals surface area contributed by atoms with E-state index < -0.39 is 0 Å². The fourth-order valence-electron chi connectivity index (χ4n) is 4.67. The van der Waals surface area contributed by atoms with Gasteiger partial charge in [0.05, 0.1) is 45.3 Å². The van der Waals surface area contributed by atoms with E-state index in [0.29, 0.717) is 63.4 Å². The Labute approximate surface area is 242 Å². The quantitative estimate of drug-likeness (QED) is 0.166. The van der Waals surface area contributed by atoms with Crippen molar-refractivity contribution in [3.8, 4) is 40.2 Å². The SMILES string of the molecule is CCOc1cn(-c2ccc(F)cc2C)nc1C(=O)Cc1ccc(Oc2ccnc3cc(OC)c(OC)cc23)cc1OC. The molecular weight excluding hydrogens is 541 g/mol. The van der Waals surface area contributed by atoms with E-state index in [1.54, 1.807) is 69.9 Å². The molecule has 0 atom stereocenters. The number of aryl methyl sites for hydroxylation is 1. The van der Waals surface area contributed by atoms with Gasteiger partial charge in [0.15, 0.2) is 28.7 Å². The summed E-state index contributed by atoms with van der Waals surface area (Å²) in [5.41, 5.74) is 2.83. The normalized spacial score (nSPS) is 10.9. The third kappa shape index (κ3) is 5.69. The second kappa shape index (κ2) is 12.2. The Kier molecular flexibility index (Phi) is 8.24. The highest BCUT2D eigenvalue weighted by molar-refractivity contribution is 5.98. The largest absolute Gasteiger partial charge is 0.496 e. The molecule has 3 aromatic carbocycles. The van der Waals surface area contributed by atoms with Crippen LogP contribution in [0, 0.1) is 12.7 Å². The van der Waals surface area contributed by atoms with E-state index in [1.807, 2.05) is 13.0 Å². The maximum Gasteiger partial charge on any atom is 0.191 e. The first kappa shape index (κ1) is 28.4. The minimum Gasteiger partial charge on any atom is -0.496 e. The molecule has 0 aliphatic rings. The van der Waals surface area contributed by atoms with Crippen molar-refractivity contribution in [2.45, 2.75) is 20.3 Å². The first-order valence-electron chi connectivity index (χ1n) is 13.2. The van der Waals surface area contributed by atoms with Crippen molar-refractivity contribution in [2.24, 2.45) is 0 Å². The zero-order valence-electron chi connectivity index (χ0n) is 23.9. The van der Waals surface area contributed by atoms with Crippen LogP contribution in [-0.2, 0) is 6.42 Å². The van der Waals surface area contributed by atoms with Gasteiger partial charge in [-0.3, -0.25) is 9.78 Å². The van der Waals surface area contributed by atoms with Gasteiger partial charge in [-0.05, 0) is 55.8 Å². The molecule has 5 rings (SSSR count). The lowest BCUT2D eigenvalue weighted by molar-refractivity contribution is 0.0983. The zero-order valence-corrected chi connectivity index (χ0v) is 23.9. The van der Waals surface area contributed by atoms with Crippen LogP contribution in [0.1, 0.15) is 28.5 Å². The number of hydrogen-bond donors (Lipinski definition) is 0. The average Bonchev–Trinajstić information content (AvgIpc) is 3.41. The molecule has 0 aliphatic heterocycles. The van der Waals surface area contributed by atoms with Crippen LogP contribution >= 0.6 is 0 Å². The summed E-state index contributed by atoms with van der Waals surface area (Å²) >= 11 is 0. The lowest BCUT2D eigenvalue weighted by atomic mass is 10.1. The summed E-state index contributed by atoms with van der Waals surface area (Å²) in [7, 11) is 4.67. The third-order valence-corrected chi connectivity index (χ3v) is 6.69. The summed E-state index contributed by atoms with van der Waals surface area (Å²) in [6, 6.07) is 15.0. The lowest BCUT2D eigenvalue weighted by Gasteiger charge is -2.14. The number of fused-ring (bicyclic) bond motifs is 1. The smallest absolute Gasteiger partial charge is 0.191 e. The number of benzene rings is 3. The lowest BCUT2D eigenvalue weighted by Crippen LogP contribution is -2.09. The highest BCUT2D eigenvalue weighted by Gasteiger charge is 2.22. The number of hydrogen-bond acceptors (Lipinski definition) is 8. The van der Waals surface area contributed by atoms with Crippen LogP contribution in [0.15, 0.2) is 67.0 Å². The Bertz CT molecular complexity index is 1770. The molecule has 0 N–H and O–H groups in total. The molecule has 0 radical (unpaired) electrons. The van der Waals surface area contributed by atoms with E-state index in [1.165, 1.54) is 23.9 Å². The molecule has 216 valence electrons. The second-order valence-electron chi connectivity index (χ2n) is 9.36. The molecule has 9 nitrogen and oxygen atoms in total. The summed E-state index contributed by atoms with van der Waals surface area (Å²) < 4.78 is 43.6. The number of halogens is 1. The molecule has 0 saturated heterocycles. The van der Waals surface area contributed by atoms with E-state index in [-0.39, 0.29) is 23.7 Å². The van der Waals surface area contributed by atoms with Gasteiger partial charge in [0.2, 0.25) is 0 Å². The van der Waals surface area contributed by atoms with E-state index in [4.69, 9.17) is 23.7 Å². The summed E-state index contributed by atoms with van der Waals surface area (Å²) in [5.74, 6) is 2.41. The van der Waals surface area contributed by atoms with Gasteiger partial charge >= 0.3 is 0 Å². The van der Waals surface area contributed by atoms with E-state index in [9.17, 15) is 9.18 Å². The number of ketones is 1. The van der Waals surface area contributed by atoms with Crippen molar-refractivity contribution in [3.05, 3.63) is 89.6 Å². The first-order chi connectivity index (χ1) is 20.3. The predicted octanol–water partition coefficient (Wildman–Crippen LogP) is 6.51. The van der Waals surface area contributed by atoms with E-state index >= 15 is 0 Å². The Morgan fingerprint density at radius 2 is 1.64 bits per heavy atom. The number of carbonyl (C=O) groups is 1. The van der Waals surface area contributed by atoms with Crippen LogP contribution in [0.25, 0.3) is 16.6 Å². The van der Waals surface area contributed by atoms with Gasteiger partial charge in [-0.1, -0.05) is 6.07 Å². The number of nitrogens with zero attached hydrogens (tertiary/aromatic N) is 3. The molecule has 0 saturated carbocycles. The van der Waals surface area contributed by atoms with E-state index in [2.05, 4.69) is 10.1 Å². The molecule has 0 unspecified atom stereocenters. The molecule has 0 amide bonds. The number of ether oxygens (including phenoxy) is 5. The van der Waals surface area contributed by atoms with Crippen molar-refractivity contribution in [3.63, 3.8) is 0 Å². The summed E-state index contributed by atoms with van der Waals surface area (Å²) in [4.78, 5) is 17.9. The summed E-state index contributed by atoms with van der Waals surface area (Å²) in [5, 5.41) is 5.24. The number of methoxy groups -OCH3 is 3. The zero-order chi connectivity index (χ0) is 29.8. The summed E-state index contributed by atoms with van der Waals surface area (Å²) in [6.45, 7) is 3.96. The fourth-order valence-corrected chi connectivity index (χ4v) is 4.67. The third-order valence-electron chi connectivity index (χ3n) is 6.69. The van der Waals surface area contributed by atoms with Gasteiger partial charge in [0.1, 0.15) is 23.1 Å². The van der Waals surface area contributed by atoms with Crippen LogP contribution in [0.2, 0.25) is 0 Å². The van der Waals surface area contributed by atoms with Gasteiger partial charge in [-0.15, -0.1) is 0 Å². The molecular formula is C32H30FN3O6. The molecule has 0 fully saturated rings. The molecule has 2 heterocycles. The molecule has 0 bridgehead atoms. The van der Waals surface area contributed by atoms with Gasteiger partial charge in [0, 0.05) is 35.7 Å². The molecule has 5 aromatic rings. The van der Waals surface area contributed by atoms with Crippen LogP contribution in [-0.4, -0.2) is 48.5 Å². The van der Waals surface area contributed by atoms with Crippen LogP contribution in [0.4, 0.5) is 4.39 Å². The van der Waals surface area contributed by atoms with E-state index in [0.717, 1.165) is 5.39 Å². The molecule has 2 aromatic heterocycles. The Balaban J connectivity index is 1.42. The topological polar surface area (TPSA) is 93.9 Å². The maximum absolute atomic E-state index is 13.6. The van der Waals surface area contributed by atoms with Crippen molar-refractivity contribution >= 4 is 16.7 Å². The fraction of sp³-hybridized carbons (Fsp3) is 0.219. The summed E-state index contributed by atoms with van der Waals surface area (Å²) in [6.07, 6.45) is 3.29. The van der Waals surface area contributed by atoms with Crippen molar-refractivity contribution in [1.29, 1.82) is 0 Å². The number of Topliss-reactive ketones (excluding diaryl/α,β-unsaturated/α-hetero) is 1. The second-order valence-corrected chi connectivity index (χ2v) is 9.36.